The van der Waals surface area contributed by atoms with Crippen LogP contribution in [0.25, 0.3) is 0 Å². The Hall–Kier alpha value is -0.740. The molecule has 3 unspecified atom stereocenters. The minimum Gasteiger partial charge on any atom is -0.313 e. The van der Waals surface area contributed by atoms with Crippen LogP contribution in [0.5, 0.6) is 0 Å². The molecule has 0 aromatic heterocycles. The molecule has 1 aromatic rings. The van der Waals surface area contributed by atoms with Crippen LogP contribution in [0.2, 0.25) is 0 Å². The highest BCUT2D eigenvalue weighted by atomic mass is 32.2. The molecular formula is C16H26FNOS. The Morgan fingerprint density at radius 3 is 2.30 bits per heavy atom. The zero-order valence-corrected chi connectivity index (χ0v) is 13.5. The van der Waals surface area contributed by atoms with Gasteiger partial charge in [0.2, 0.25) is 0 Å². The van der Waals surface area contributed by atoms with Crippen molar-refractivity contribution in [3.8, 4) is 0 Å². The summed E-state index contributed by atoms with van der Waals surface area (Å²) in [5, 5.41) is 3.59. The number of rotatable bonds is 9. The van der Waals surface area contributed by atoms with Crippen LogP contribution < -0.4 is 5.32 Å². The molecule has 0 aliphatic carbocycles. The third-order valence-corrected chi connectivity index (χ3v) is 5.38. The molecule has 3 atom stereocenters. The van der Waals surface area contributed by atoms with E-state index < -0.39 is 10.8 Å². The SMILES string of the molecule is CCCNC(CCC)C(CC)S(=O)c1ccc(F)cc1. The van der Waals surface area contributed by atoms with Crippen molar-refractivity contribution in [3.63, 3.8) is 0 Å². The Labute approximate surface area is 124 Å². The predicted molar refractivity (Wildman–Crippen MR) is 83.9 cm³/mol. The highest BCUT2D eigenvalue weighted by Gasteiger charge is 2.25. The fourth-order valence-corrected chi connectivity index (χ4v) is 3.98. The Bertz CT molecular complexity index is 407. The van der Waals surface area contributed by atoms with Crippen LogP contribution >= 0.6 is 0 Å². The molecule has 114 valence electrons. The lowest BCUT2D eigenvalue weighted by molar-refractivity contribution is 0.447. The van der Waals surface area contributed by atoms with E-state index in [0.717, 1.165) is 37.1 Å². The number of hydrogen-bond acceptors (Lipinski definition) is 2. The summed E-state index contributed by atoms with van der Waals surface area (Å²) in [6, 6.07) is 6.30. The molecule has 0 amide bonds. The van der Waals surface area contributed by atoms with E-state index in [1.165, 1.54) is 12.1 Å². The predicted octanol–water partition coefficient (Wildman–Crippen LogP) is 3.88. The van der Waals surface area contributed by atoms with Gasteiger partial charge in [0, 0.05) is 10.9 Å². The summed E-state index contributed by atoms with van der Waals surface area (Å²) in [4.78, 5) is 0.720. The van der Waals surface area contributed by atoms with Crippen LogP contribution in [0.4, 0.5) is 4.39 Å². The summed E-state index contributed by atoms with van der Waals surface area (Å²) in [7, 11) is -1.09. The minimum atomic E-state index is -1.09. The van der Waals surface area contributed by atoms with Gasteiger partial charge in [-0.3, -0.25) is 4.21 Å². The van der Waals surface area contributed by atoms with E-state index in [4.69, 9.17) is 0 Å². The van der Waals surface area contributed by atoms with Crippen LogP contribution in [0.1, 0.15) is 46.5 Å². The van der Waals surface area contributed by atoms with Crippen LogP contribution in [-0.2, 0) is 10.8 Å². The second kappa shape index (κ2) is 9.24. The summed E-state index contributed by atoms with van der Waals surface area (Å²) in [6.07, 6.45) is 4.01. The van der Waals surface area contributed by atoms with Crippen molar-refractivity contribution in [3.05, 3.63) is 30.1 Å². The van der Waals surface area contributed by atoms with Crippen molar-refractivity contribution in [2.75, 3.05) is 6.54 Å². The first-order chi connectivity index (χ1) is 9.63. The van der Waals surface area contributed by atoms with Gasteiger partial charge >= 0.3 is 0 Å². The normalized spacial score (nSPS) is 15.8. The molecule has 0 fully saturated rings. The molecular weight excluding hydrogens is 273 g/mol. The highest BCUT2D eigenvalue weighted by Crippen LogP contribution is 2.19. The van der Waals surface area contributed by atoms with E-state index in [1.807, 2.05) is 0 Å². The zero-order chi connectivity index (χ0) is 15.0. The number of benzene rings is 1. The van der Waals surface area contributed by atoms with E-state index in [9.17, 15) is 8.60 Å². The molecule has 20 heavy (non-hydrogen) atoms. The summed E-state index contributed by atoms with van der Waals surface area (Å²) < 4.78 is 25.7. The first kappa shape index (κ1) is 17.3. The lowest BCUT2D eigenvalue weighted by atomic mass is 10.1. The Kier molecular flexibility index (Phi) is 8.00. The number of nitrogens with one attached hydrogen (secondary N) is 1. The third kappa shape index (κ3) is 4.98. The first-order valence-corrected chi connectivity index (χ1v) is 8.74. The maximum atomic E-state index is 13.0. The smallest absolute Gasteiger partial charge is 0.123 e. The largest absolute Gasteiger partial charge is 0.313 e. The van der Waals surface area contributed by atoms with Crippen LogP contribution in [0, 0.1) is 5.82 Å². The van der Waals surface area contributed by atoms with Crippen LogP contribution in [0.15, 0.2) is 29.2 Å². The van der Waals surface area contributed by atoms with E-state index in [0.29, 0.717) is 0 Å². The third-order valence-electron chi connectivity index (χ3n) is 3.43. The van der Waals surface area contributed by atoms with Gasteiger partial charge < -0.3 is 5.32 Å². The molecule has 2 nitrogen and oxygen atoms in total. The van der Waals surface area contributed by atoms with E-state index in [2.05, 4.69) is 26.1 Å². The van der Waals surface area contributed by atoms with Crippen LogP contribution in [-0.4, -0.2) is 22.0 Å². The van der Waals surface area contributed by atoms with E-state index in [-0.39, 0.29) is 17.1 Å². The molecule has 0 spiro atoms. The van der Waals surface area contributed by atoms with Gasteiger partial charge in [-0.05, 0) is 50.1 Å². The Balaban J connectivity index is 2.84. The minimum absolute atomic E-state index is 0.0759. The topological polar surface area (TPSA) is 29.1 Å². The lowest BCUT2D eigenvalue weighted by Gasteiger charge is -2.26. The van der Waals surface area contributed by atoms with Crippen molar-refractivity contribution in [1.29, 1.82) is 0 Å². The molecule has 0 aliphatic rings. The molecule has 0 aliphatic heterocycles. The average molecular weight is 299 g/mol. The van der Waals surface area contributed by atoms with Crippen molar-refractivity contribution < 1.29 is 8.60 Å². The Morgan fingerprint density at radius 1 is 1.15 bits per heavy atom. The maximum Gasteiger partial charge on any atom is 0.123 e. The second-order valence-electron chi connectivity index (χ2n) is 5.05. The van der Waals surface area contributed by atoms with Crippen molar-refractivity contribution >= 4 is 10.8 Å². The lowest BCUT2D eigenvalue weighted by Crippen LogP contribution is -2.42. The van der Waals surface area contributed by atoms with E-state index in [1.54, 1.807) is 12.1 Å². The summed E-state index contributed by atoms with van der Waals surface area (Å²) in [5.41, 5.74) is 0. The fourth-order valence-electron chi connectivity index (χ4n) is 2.39. The summed E-state index contributed by atoms with van der Waals surface area (Å²) in [5.74, 6) is -0.284. The molecule has 0 radical (unpaired) electrons. The summed E-state index contributed by atoms with van der Waals surface area (Å²) in [6.45, 7) is 7.30. The molecule has 0 saturated carbocycles. The standard InChI is InChI=1S/C16H26FNOS/c1-4-7-15(18-12-5-2)16(6-3)20(19)14-10-8-13(17)9-11-14/h8-11,15-16,18H,4-7,12H2,1-3H3. The fraction of sp³-hybridized carbons (Fsp3) is 0.625. The Morgan fingerprint density at radius 2 is 1.80 bits per heavy atom. The van der Waals surface area contributed by atoms with Crippen molar-refractivity contribution in [2.45, 2.75) is 62.6 Å². The monoisotopic (exact) mass is 299 g/mol. The number of halogens is 1. The quantitative estimate of drug-likeness (QED) is 0.749. The second-order valence-corrected chi connectivity index (χ2v) is 6.72. The number of hydrogen-bond donors (Lipinski definition) is 1. The van der Waals surface area contributed by atoms with Gasteiger partial charge in [-0.2, -0.15) is 0 Å². The maximum absolute atomic E-state index is 13.0. The molecule has 0 bridgehead atoms. The zero-order valence-electron chi connectivity index (χ0n) is 12.7. The molecule has 1 rings (SSSR count). The van der Waals surface area contributed by atoms with Gasteiger partial charge in [-0.25, -0.2) is 4.39 Å². The molecule has 1 N–H and O–H groups in total. The van der Waals surface area contributed by atoms with Gasteiger partial charge in [0.15, 0.2) is 0 Å². The molecule has 0 saturated heterocycles. The van der Waals surface area contributed by atoms with Gasteiger partial charge in [0.1, 0.15) is 5.82 Å². The van der Waals surface area contributed by atoms with Crippen LogP contribution in [0.3, 0.4) is 0 Å². The van der Waals surface area contributed by atoms with Gasteiger partial charge in [-0.15, -0.1) is 0 Å². The van der Waals surface area contributed by atoms with Crippen molar-refractivity contribution in [1.82, 2.24) is 5.32 Å². The molecule has 1 aromatic carbocycles. The van der Waals surface area contributed by atoms with E-state index >= 15 is 0 Å². The van der Waals surface area contributed by atoms with Crippen molar-refractivity contribution in [2.24, 2.45) is 0 Å². The first-order valence-electron chi connectivity index (χ1n) is 7.53. The van der Waals surface area contributed by atoms with Gasteiger partial charge in [0.05, 0.1) is 16.0 Å². The van der Waals surface area contributed by atoms with Gasteiger partial charge in [0.25, 0.3) is 0 Å². The average Bonchev–Trinajstić information content (AvgIpc) is 2.46. The van der Waals surface area contributed by atoms with Gasteiger partial charge in [-0.1, -0.05) is 27.2 Å². The highest BCUT2D eigenvalue weighted by molar-refractivity contribution is 7.85. The molecule has 0 heterocycles. The summed E-state index contributed by atoms with van der Waals surface area (Å²) >= 11 is 0. The molecule has 4 heteroatoms.